The molecule has 0 bridgehead atoms. The number of carbonyl (C=O) groups is 1. The van der Waals surface area contributed by atoms with Crippen LogP contribution < -0.4 is 11.0 Å². The Morgan fingerprint density at radius 3 is 2.70 bits per heavy atom. The number of esters is 1. The number of carbonyl (C=O) groups excluding carboxylic acids is 1. The lowest BCUT2D eigenvalue weighted by Gasteiger charge is -1.99. The molecule has 8 heteroatoms. The number of hydrogen-bond donors (Lipinski definition) is 2. The van der Waals surface area contributed by atoms with Crippen LogP contribution in [-0.4, -0.2) is 33.5 Å². The predicted octanol–water partition coefficient (Wildman–Crippen LogP) is -0.0538. The van der Waals surface area contributed by atoms with Gasteiger partial charge < -0.3 is 9.72 Å². The third-order valence-corrected chi connectivity index (χ3v) is 2.91. The molecule has 2 aromatic heterocycles. The lowest BCUT2D eigenvalue weighted by atomic mass is 10.1. The number of nitrogens with zero attached hydrogens (tertiary/aromatic N) is 2. The molecule has 0 aliphatic carbocycles. The zero-order valence-corrected chi connectivity index (χ0v) is 10.3. The maximum absolute atomic E-state index is 12.3. The Hall–Kier alpha value is -3.03. The summed E-state index contributed by atoms with van der Waals surface area (Å²) in [4.78, 5) is 38.2. The highest BCUT2D eigenvalue weighted by Gasteiger charge is 2.12. The number of H-pyrrole nitrogens is 2. The first-order valence-corrected chi connectivity index (χ1v) is 5.61. The Kier molecular flexibility index (Phi) is 2.56. The van der Waals surface area contributed by atoms with E-state index in [0.717, 1.165) is 0 Å². The average molecular weight is 272 g/mol. The van der Waals surface area contributed by atoms with Crippen LogP contribution in [0.1, 0.15) is 10.4 Å². The van der Waals surface area contributed by atoms with Crippen LogP contribution in [0.3, 0.4) is 0 Å². The first-order chi connectivity index (χ1) is 9.61. The van der Waals surface area contributed by atoms with Crippen molar-refractivity contribution in [3.05, 3.63) is 44.3 Å². The smallest absolute Gasteiger partial charge is 0.337 e. The fraction of sp³-hybridized carbons (Fsp3) is 0.0833. The molecule has 0 amide bonds. The first-order valence-electron chi connectivity index (χ1n) is 5.61. The zero-order chi connectivity index (χ0) is 14.3. The third kappa shape index (κ3) is 1.66. The molecule has 0 atom stereocenters. The van der Waals surface area contributed by atoms with Gasteiger partial charge in [-0.2, -0.15) is 15.4 Å². The van der Waals surface area contributed by atoms with Crippen LogP contribution in [0.25, 0.3) is 21.9 Å². The summed E-state index contributed by atoms with van der Waals surface area (Å²) in [5.41, 5.74) is -0.685. The SMILES string of the molecule is COC(=O)c1ccc2c(=O)c3n[nH]nc3c(=O)[nH]c2c1. The third-order valence-electron chi connectivity index (χ3n) is 2.91. The summed E-state index contributed by atoms with van der Waals surface area (Å²) in [6.07, 6.45) is 0. The Morgan fingerprint density at radius 2 is 1.95 bits per heavy atom. The number of fused-ring (bicyclic) bond motifs is 2. The van der Waals surface area contributed by atoms with E-state index in [2.05, 4.69) is 25.1 Å². The van der Waals surface area contributed by atoms with Crippen LogP contribution in [0.2, 0.25) is 0 Å². The van der Waals surface area contributed by atoms with E-state index in [9.17, 15) is 14.4 Å². The summed E-state index contributed by atoms with van der Waals surface area (Å²) in [7, 11) is 1.25. The van der Waals surface area contributed by atoms with Crippen molar-refractivity contribution in [2.24, 2.45) is 0 Å². The lowest BCUT2D eigenvalue weighted by Crippen LogP contribution is -2.04. The van der Waals surface area contributed by atoms with Gasteiger partial charge in [-0.15, -0.1) is 0 Å². The zero-order valence-electron chi connectivity index (χ0n) is 10.3. The quantitative estimate of drug-likeness (QED) is 0.599. The molecule has 0 saturated heterocycles. The van der Waals surface area contributed by atoms with Crippen LogP contribution in [0.5, 0.6) is 0 Å². The molecule has 0 aliphatic rings. The van der Waals surface area contributed by atoms with Crippen LogP contribution in [0.4, 0.5) is 0 Å². The van der Waals surface area contributed by atoms with Gasteiger partial charge in [-0.3, -0.25) is 9.59 Å². The van der Waals surface area contributed by atoms with E-state index in [1.165, 1.54) is 25.3 Å². The van der Waals surface area contributed by atoms with Gasteiger partial charge in [-0.25, -0.2) is 4.79 Å². The van der Waals surface area contributed by atoms with Crippen molar-refractivity contribution >= 4 is 27.9 Å². The first kappa shape index (κ1) is 12.0. The fourth-order valence-corrected chi connectivity index (χ4v) is 1.95. The van der Waals surface area contributed by atoms with E-state index in [1.807, 2.05) is 0 Å². The maximum atomic E-state index is 12.3. The molecule has 0 spiro atoms. The summed E-state index contributed by atoms with van der Waals surface area (Å²) in [6.45, 7) is 0. The number of ether oxygens (including phenoxy) is 1. The Bertz CT molecular complexity index is 957. The normalized spacial score (nSPS) is 10.8. The second-order valence-corrected chi connectivity index (χ2v) is 4.06. The van der Waals surface area contributed by atoms with Gasteiger partial charge in [0.25, 0.3) is 5.56 Å². The van der Waals surface area contributed by atoms with Gasteiger partial charge in [-0.05, 0) is 18.2 Å². The molecule has 0 aliphatic heterocycles. The highest BCUT2D eigenvalue weighted by Crippen LogP contribution is 2.11. The van der Waals surface area contributed by atoms with E-state index < -0.39 is 17.0 Å². The Balaban J connectivity index is 2.49. The highest BCUT2D eigenvalue weighted by molar-refractivity contribution is 5.95. The molecule has 0 radical (unpaired) electrons. The van der Waals surface area contributed by atoms with Gasteiger partial charge in [0.2, 0.25) is 5.43 Å². The topological polar surface area (TPSA) is 118 Å². The molecule has 1 aromatic carbocycles. The van der Waals surface area contributed by atoms with Gasteiger partial charge in [-0.1, -0.05) is 0 Å². The van der Waals surface area contributed by atoms with E-state index in [4.69, 9.17) is 0 Å². The van der Waals surface area contributed by atoms with E-state index >= 15 is 0 Å². The second-order valence-electron chi connectivity index (χ2n) is 4.06. The summed E-state index contributed by atoms with van der Waals surface area (Å²) in [5, 5.41) is 9.80. The second kappa shape index (κ2) is 4.26. The molecule has 3 aromatic rings. The molecule has 3 rings (SSSR count). The Morgan fingerprint density at radius 1 is 1.20 bits per heavy atom. The number of hydrogen-bond acceptors (Lipinski definition) is 6. The molecule has 0 fully saturated rings. The largest absolute Gasteiger partial charge is 0.465 e. The van der Waals surface area contributed by atoms with E-state index in [0.29, 0.717) is 0 Å². The minimum atomic E-state index is -0.567. The molecule has 20 heavy (non-hydrogen) atoms. The monoisotopic (exact) mass is 272 g/mol. The van der Waals surface area contributed by atoms with Crippen molar-refractivity contribution in [2.75, 3.05) is 7.11 Å². The minimum Gasteiger partial charge on any atom is -0.465 e. The van der Waals surface area contributed by atoms with Crippen molar-refractivity contribution in [3.8, 4) is 0 Å². The van der Waals surface area contributed by atoms with Crippen LogP contribution in [0, 0.1) is 0 Å². The molecule has 100 valence electrons. The summed E-state index contributed by atoms with van der Waals surface area (Å²) < 4.78 is 4.59. The summed E-state index contributed by atoms with van der Waals surface area (Å²) in [5.74, 6) is -0.560. The lowest BCUT2D eigenvalue weighted by molar-refractivity contribution is 0.0601. The highest BCUT2D eigenvalue weighted by atomic mass is 16.5. The molecule has 2 N–H and O–H groups in total. The molecule has 0 unspecified atom stereocenters. The van der Waals surface area contributed by atoms with Gasteiger partial charge in [0.15, 0.2) is 11.0 Å². The molecule has 2 heterocycles. The van der Waals surface area contributed by atoms with Crippen LogP contribution >= 0.6 is 0 Å². The fourth-order valence-electron chi connectivity index (χ4n) is 1.95. The van der Waals surface area contributed by atoms with Crippen molar-refractivity contribution < 1.29 is 9.53 Å². The van der Waals surface area contributed by atoms with E-state index in [-0.39, 0.29) is 27.5 Å². The maximum Gasteiger partial charge on any atom is 0.337 e. The van der Waals surface area contributed by atoms with Crippen molar-refractivity contribution in [1.29, 1.82) is 0 Å². The number of methoxy groups -OCH3 is 1. The summed E-state index contributed by atoms with van der Waals surface area (Å²) >= 11 is 0. The molecular weight excluding hydrogens is 264 g/mol. The van der Waals surface area contributed by atoms with Crippen molar-refractivity contribution in [1.82, 2.24) is 20.4 Å². The average Bonchev–Trinajstić information content (AvgIpc) is 2.91. The van der Waals surface area contributed by atoms with Gasteiger partial charge in [0.1, 0.15) is 0 Å². The van der Waals surface area contributed by atoms with Crippen LogP contribution in [0.15, 0.2) is 27.8 Å². The van der Waals surface area contributed by atoms with Crippen molar-refractivity contribution in [3.63, 3.8) is 0 Å². The molecule has 8 nitrogen and oxygen atoms in total. The van der Waals surface area contributed by atoms with E-state index in [1.54, 1.807) is 0 Å². The van der Waals surface area contributed by atoms with Gasteiger partial charge in [0, 0.05) is 5.39 Å². The number of benzene rings is 1. The number of aromatic amines is 2. The molecular formula is C12H8N4O4. The molecule has 0 saturated carbocycles. The van der Waals surface area contributed by atoms with Gasteiger partial charge >= 0.3 is 5.97 Å². The van der Waals surface area contributed by atoms with Crippen molar-refractivity contribution in [2.45, 2.75) is 0 Å². The van der Waals surface area contributed by atoms with Gasteiger partial charge in [0.05, 0.1) is 18.2 Å². The summed E-state index contributed by atoms with van der Waals surface area (Å²) in [6, 6.07) is 4.26. The Labute approximate surface area is 110 Å². The number of nitrogens with one attached hydrogen (secondary N) is 2. The standard InChI is InChI=1S/C12H8N4O4/c1-20-12(19)5-2-3-6-7(4-5)13-11(18)9-8(10(6)17)14-16-15-9/h2-4H,1H3,(H,13,18)(H,14,15,16). The predicted molar refractivity (Wildman–Crippen MR) is 69.6 cm³/mol. The number of rotatable bonds is 1. The van der Waals surface area contributed by atoms with Crippen LogP contribution in [-0.2, 0) is 4.74 Å². The minimum absolute atomic E-state index is 0.0490. The number of aromatic nitrogens is 4.